The molecule has 2 aliphatic rings. The Morgan fingerprint density at radius 1 is 0.946 bits per heavy atom. The molecule has 0 saturated carbocycles. The summed E-state index contributed by atoms with van der Waals surface area (Å²) in [4.78, 5) is 65.9. The Labute approximate surface area is 217 Å². The van der Waals surface area contributed by atoms with Gasteiger partial charge in [0.2, 0.25) is 23.6 Å². The summed E-state index contributed by atoms with van der Waals surface area (Å²) in [5, 5.41) is 17.4. The number of benzene rings is 1. The maximum atomic E-state index is 13.5. The Hall–Kier alpha value is -3.43. The van der Waals surface area contributed by atoms with Gasteiger partial charge in [-0.1, -0.05) is 57.0 Å². The van der Waals surface area contributed by atoms with E-state index in [4.69, 9.17) is 5.11 Å². The van der Waals surface area contributed by atoms with Crippen molar-refractivity contribution in [3.8, 4) is 0 Å². The number of hydrogen-bond donors (Lipinski definition) is 4. The van der Waals surface area contributed by atoms with Gasteiger partial charge in [-0.05, 0) is 37.2 Å². The number of carbonyl (C=O) groups excluding carboxylic acids is 4. The van der Waals surface area contributed by atoms with Gasteiger partial charge < -0.3 is 26.0 Å². The van der Waals surface area contributed by atoms with Crippen LogP contribution >= 0.6 is 0 Å². The van der Waals surface area contributed by atoms with Gasteiger partial charge in [-0.25, -0.2) is 0 Å². The molecule has 3 rings (SSSR count). The van der Waals surface area contributed by atoms with Crippen molar-refractivity contribution in [2.75, 3.05) is 6.54 Å². The molecule has 10 heteroatoms. The highest BCUT2D eigenvalue weighted by Gasteiger charge is 2.41. The average Bonchev–Trinajstić information content (AvgIpc) is 3.35. The van der Waals surface area contributed by atoms with Gasteiger partial charge in [-0.2, -0.15) is 0 Å². The van der Waals surface area contributed by atoms with E-state index >= 15 is 0 Å². The first-order valence-electron chi connectivity index (χ1n) is 13.1. The zero-order valence-corrected chi connectivity index (χ0v) is 21.6. The molecule has 0 spiro atoms. The van der Waals surface area contributed by atoms with Crippen molar-refractivity contribution in [3.63, 3.8) is 0 Å². The Bertz CT molecular complexity index is 982. The molecule has 4 amide bonds. The van der Waals surface area contributed by atoms with Crippen LogP contribution in [0, 0.1) is 5.92 Å². The SMILES string of the molecule is CC(C)C1NC(=O)C(Cc2ccccc2)NC(=O)C(CCCCCC(=O)O)NC(=O)C2CCCN2C1=O. The molecule has 2 saturated heterocycles. The van der Waals surface area contributed by atoms with Gasteiger partial charge in [0.1, 0.15) is 24.2 Å². The summed E-state index contributed by atoms with van der Waals surface area (Å²) in [5.41, 5.74) is 0.844. The second-order valence-electron chi connectivity index (χ2n) is 10.2. The van der Waals surface area contributed by atoms with Gasteiger partial charge in [0.25, 0.3) is 0 Å². The van der Waals surface area contributed by atoms with E-state index < -0.39 is 42.0 Å². The minimum absolute atomic E-state index is 0.0404. The van der Waals surface area contributed by atoms with E-state index in [9.17, 15) is 24.0 Å². The number of fused-ring (bicyclic) bond motifs is 1. The summed E-state index contributed by atoms with van der Waals surface area (Å²) in [6.45, 7) is 4.09. The lowest BCUT2D eigenvalue weighted by Crippen LogP contribution is -2.62. The van der Waals surface area contributed by atoms with Crippen molar-refractivity contribution in [3.05, 3.63) is 35.9 Å². The summed E-state index contributed by atoms with van der Waals surface area (Å²) < 4.78 is 0. The predicted molar refractivity (Wildman–Crippen MR) is 136 cm³/mol. The van der Waals surface area contributed by atoms with Crippen molar-refractivity contribution in [1.82, 2.24) is 20.9 Å². The molecule has 4 N–H and O–H groups in total. The predicted octanol–water partition coefficient (Wildman–Crippen LogP) is 1.38. The lowest BCUT2D eigenvalue weighted by atomic mass is 9.98. The number of aliphatic carboxylic acids is 1. The van der Waals surface area contributed by atoms with Crippen molar-refractivity contribution in [1.29, 1.82) is 0 Å². The Morgan fingerprint density at radius 3 is 2.30 bits per heavy atom. The van der Waals surface area contributed by atoms with Crippen LogP contribution in [0.2, 0.25) is 0 Å². The third-order valence-corrected chi connectivity index (χ3v) is 7.00. The number of hydrogen-bond acceptors (Lipinski definition) is 5. The average molecular weight is 515 g/mol. The Balaban J connectivity index is 1.87. The monoisotopic (exact) mass is 514 g/mol. The fourth-order valence-corrected chi connectivity index (χ4v) is 4.92. The molecule has 0 radical (unpaired) electrons. The van der Waals surface area contributed by atoms with Crippen LogP contribution in [0.5, 0.6) is 0 Å². The maximum absolute atomic E-state index is 13.5. The Morgan fingerprint density at radius 2 is 1.62 bits per heavy atom. The van der Waals surface area contributed by atoms with E-state index in [1.165, 1.54) is 4.90 Å². The van der Waals surface area contributed by atoms with Crippen LogP contribution in [0.15, 0.2) is 30.3 Å². The van der Waals surface area contributed by atoms with Gasteiger partial charge in [0, 0.05) is 19.4 Å². The molecule has 1 aromatic carbocycles. The number of amides is 4. The van der Waals surface area contributed by atoms with Crippen LogP contribution in [-0.4, -0.2) is 70.3 Å². The molecule has 2 aliphatic heterocycles. The van der Waals surface area contributed by atoms with Crippen LogP contribution in [0.25, 0.3) is 0 Å². The van der Waals surface area contributed by atoms with Crippen LogP contribution in [0.3, 0.4) is 0 Å². The molecular formula is C27H38N4O6. The quantitative estimate of drug-likeness (QED) is 0.367. The van der Waals surface area contributed by atoms with Crippen LogP contribution in [0.1, 0.15) is 64.4 Å². The number of nitrogens with zero attached hydrogens (tertiary/aromatic N) is 1. The van der Waals surface area contributed by atoms with Gasteiger partial charge in [-0.3, -0.25) is 24.0 Å². The summed E-state index contributed by atoms with van der Waals surface area (Å²) >= 11 is 0. The third-order valence-electron chi connectivity index (χ3n) is 7.00. The van der Waals surface area contributed by atoms with Crippen molar-refractivity contribution in [2.45, 2.75) is 89.4 Å². The molecular weight excluding hydrogens is 476 g/mol. The number of nitrogens with one attached hydrogen (secondary N) is 3. The molecule has 0 aliphatic carbocycles. The molecule has 2 heterocycles. The fraction of sp³-hybridized carbons (Fsp3) is 0.593. The number of carboxylic acids is 1. The molecule has 4 unspecified atom stereocenters. The lowest BCUT2D eigenvalue weighted by molar-refractivity contribution is -0.144. The summed E-state index contributed by atoms with van der Waals surface area (Å²) in [5.74, 6) is -2.69. The third kappa shape index (κ3) is 7.77. The van der Waals surface area contributed by atoms with Gasteiger partial charge >= 0.3 is 5.97 Å². The highest BCUT2D eigenvalue weighted by molar-refractivity contribution is 5.98. The summed E-state index contributed by atoms with van der Waals surface area (Å²) in [6, 6.07) is 5.91. The van der Waals surface area contributed by atoms with E-state index in [2.05, 4.69) is 16.0 Å². The molecule has 0 aromatic heterocycles. The molecule has 37 heavy (non-hydrogen) atoms. The minimum atomic E-state index is -0.941. The van der Waals surface area contributed by atoms with E-state index in [0.717, 1.165) is 5.56 Å². The maximum Gasteiger partial charge on any atom is 0.303 e. The van der Waals surface area contributed by atoms with Crippen molar-refractivity contribution < 1.29 is 29.1 Å². The number of carbonyl (C=O) groups is 5. The van der Waals surface area contributed by atoms with E-state index in [1.807, 2.05) is 44.2 Å². The Kier molecular flexibility index (Phi) is 10.0. The van der Waals surface area contributed by atoms with E-state index in [-0.39, 0.29) is 30.6 Å². The highest BCUT2D eigenvalue weighted by Crippen LogP contribution is 2.22. The highest BCUT2D eigenvalue weighted by atomic mass is 16.4. The largest absolute Gasteiger partial charge is 0.481 e. The first-order valence-corrected chi connectivity index (χ1v) is 13.1. The van der Waals surface area contributed by atoms with Crippen molar-refractivity contribution in [2.24, 2.45) is 5.92 Å². The first-order chi connectivity index (χ1) is 17.7. The van der Waals surface area contributed by atoms with Crippen LogP contribution in [-0.2, 0) is 30.4 Å². The normalized spacial score (nSPS) is 25.0. The smallest absolute Gasteiger partial charge is 0.303 e. The molecule has 4 atom stereocenters. The fourth-order valence-electron chi connectivity index (χ4n) is 4.92. The van der Waals surface area contributed by atoms with Crippen LogP contribution in [0.4, 0.5) is 0 Å². The molecule has 10 nitrogen and oxygen atoms in total. The number of rotatable bonds is 9. The molecule has 2 fully saturated rings. The molecule has 1 aromatic rings. The van der Waals surface area contributed by atoms with Gasteiger partial charge in [-0.15, -0.1) is 0 Å². The molecule has 202 valence electrons. The zero-order chi connectivity index (χ0) is 26.9. The first kappa shape index (κ1) is 28.1. The standard InChI is InChI=1S/C27H38N4O6/c1-17(2)23-27(37)31-15-9-13-21(31)26(36)28-19(12-7-4-8-14-22(32)33)24(34)29-20(25(35)30-23)16-18-10-5-3-6-11-18/h3,5-6,10-11,17,19-21,23H,4,7-9,12-16H2,1-2H3,(H,28,36)(H,29,34)(H,30,35)(H,32,33). The molecule has 0 bridgehead atoms. The lowest BCUT2D eigenvalue weighted by Gasteiger charge is -2.33. The minimum Gasteiger partial charge on any atom is -0.481 e. The van der Waals surface area contributed by atoms with Gasteiger partial charge in [0.05, 0.1) is 0 Å². The summed E-state index contributed by atoms with van der Waals surface area (Å²) in [7, 11) is 0. The topological polar surface area (TPSA) is 145 Å². The van der Waals surface area contributed by atoms with E-state index in [0.29, 0.717) is 45.1 Å². The number of unbranched alkanes of at least 4 members (excludes halogenated alkanes) is 2. The van der Waals surface area contributed by atoms with Crippen molar-refractivity contribution >= 4 is 29.6 Å². The zero-order valence-electron chi connectivity index (χ0n) is 21.6. The van der Waals surface area contributed by atoms with Gasteiger partial charge in [0.15, 0.2) is 0 Å². The number of carboxylic acid groups (broad SMARTS) is 1. The summed E-state index contributed by atoms with van der Waals surface area (Å²) in [6.07, 6.45) is 3.30. The van der Waals surface area contributed by atoms with Crippen LogP contribution < -0.4 is 16.0 Å². The second kappa shape index (κ2) is 13.2. The second-order valence-corrected chi connectivity index (χ2v) is 10.2. The van der Waals surface area contributed by atoms with E-state index in [1.54, 1.807) is 0 Å².